The van der Waals surface area contributed by atoms with Crippen LogP contribution in [0.1, 0.15) is 24.8 Å². The minimum atomic E-state index is -3.42. The molecule has 2 unspecified atom stereocenters. The third-order valence-electron chi connectivity index (χ3n) is 3.90. The van der Waals surface area contributed by atoms with Gasteiger partial charge < -0.3 is 10.5 Å². The van der Waals surface area contributed by atoms with Crippen LogP contribution in [0.15, 0.2) is 29.2 Å². The third-order valence-corrected chi connectivity index (χ3v) is 5.57. The van der Waals surface area contributed by atoms with Crippen molar-refractivity contribution in [3.63, 3.8) is 0 Å². The Morgan fingerprint density at radius 1 is 1.38 bits per heavy atom. The highest BCUT2D eigenvalue weighted by Crippen LogP contribution is 2.27. The zero-order valence-corrected chi connectivity index (χ0v) is 12.7. The fraction of sp³-hybridized carbons (Fsp3) is 0.533. The summed E-state index contributed by atoms with van der Waals surface area (Å²) < 4.78 is 30.1. The van der Waals surface area contributed by atoms with Crippen LogP contribution in [-0.4, -0.2) is 33.4 Å². The molecular formula is C15H20N2O3S. The van der Waals surface area contributed by atoms with Gasteiger partial charge in [-0.1, -0.05) is 12.5 Å². The molecule has 2 atom stereocenters. The molecule has 1 saturated carbocycles. The van der Waals surface area contributed by atoms with Gasteiger partial charge in [0.25, 0.3) is 0 Å². The molecule has 21 heavy (non-hydrogen) atoms. The molecule has 1 aliphatic rings. The van der Waals surface area contributed by atoms with Crippen molar-refractivity contribution in [1.82, 2.24) is 0 Å². The molecule has 0 bridgehead atoms. The molecule has 6 heteroatoms. The average molecular weight is 308 g/mol. The summed E-state index contributed by atoms with van der Waals surface area (Å²) in [5.74, 6) is 0.269. The highest BCUT2D eigenvalue weighted by atomic mass is 32.2. The lowest BCUT2D eigenvalue weighted by Crippen LogP contribution is -2.27. The predicted octanol–water partition coefficient (Wildman–Crippen LogP) is 1.48. The standard InChI is InChI=1S/C15H20N2O3S/c16-10-12-3-1-5-14(9-12)21(18,19)8-7-20-15-6-2-4-13(15)11-17/h1,3,5,9,13,15H,2,4,6-8,11,17H2. The second kappa shape index (κ2) is 7.03. The highest BCUT2D eigenvalue weighted by molar-refractivity contribution is 7.91. The van der Waals surface area contributed by atoms with E-state index in [0.29, 0.717) is 18.0 Å². The van der Waals surface area contributed by atoms with Crippen molar-refractivity contribution in [2.75, 3.05) is 18.9 Å². The van der Waals surface area contributed by atoms with Gasteiger partial charge in [-0.15, -0.1) is 0 Å². The van der Waals surface area contributed by atoms with Crippen LogP contribution in [0, 0.1) is 17.2 Å². The van der Waals surface area contributed by atoms with Crippen LogP contribution in [0.2, 0.25) is 0 Å². The molecule has 1 aromatic rings. The normalized spacial score (nSPS) is 22.1. The van der Waals surface area contributed by atoms with Gasteiger partial charge in [0, 0.05) is 0 Å². The Morgan fingerprint density at radius 3 is 2.90 bits per heavy atom. The molecule has 114 valence electrons. The minimum Gasteiger partial charge on any atom is -0.377 e. The van der Waals surface area contributed by atoms with Crippen molar-refractivity contribution in [2.45, 2.75) is 30.3 Å². The molecule has 0 amide bonds. The molecule has 5 nitrogen and oxygen atoms in total. The summed E-state index contributed by atoms with van der Waals surface area (Å²) in [6, 6.07) is 8.01. The van der Waals surface area contributed by atoms with E-state index >= 15 is 0 Å². The fourth-order valence-electron chi connectivity index (χ4n) is 2.68. The first kappa shape index (κ1) is 16.0. The molecule has 0 radical (unpaired) electrons. The number of sulfone groups is 1. The Kier molecular flexibility index (Phi) is 5.34. The Hall–Kier alpha value is -1.42. The van der Waals surface area contributed by atoms with E-state index in [9.17, 15) is 8.42 Å². The number of nitrogens with two attached hydrogens (primary N) is 1. The van der Waals surface area contributed by atoms with Gasteiger partial charge in [-0.05, 0) is 43.5 Å². The predicted molar refractivity (Wildman–Crippen MR) is 79.3 cm³/mol. The molecule has 0 aliphatic heterocycles. The summed E-state index contributed by atoms with van der Waals surface area (Å²) in [5.41, 5.74) is 6.02. The Morgan fingerprint density at radius 2 is 2.19 bits per heavy atom. The second-order valence-electron chi connectivity index (χ2n) is 5.29. The summed E-state index contributed by atoms with van der Waals surface area (Å²) in [5, 5.41) is 8.82. The van der Waals surface area contributed by atoms with Crippen molar-refractivity contribution in [2.24, 2.45) is 11.7 Å². The Labute approximate surface area is 125 Å². The van der Waals surface area contributed by atoms with Gasteiger partial charge >= 0.3 is 0 Å². The topological polar surface area (TPSA) is 93.2 Å². The number of hydrogen-bond acceptors (Lipinski definition) is 5. The van der Waals surface area contributed by atoms with Crippen molar-refractivity contribution in [3.8, 4) is 6.07 Å². The van der Waals surface area contributed by atoms with Crippen molar-refractivity contribution in [3.05, 3.63) is 29.8 Å². The summed E-state index contributed by atoms with van der Waals surface area (Å²) in [7, 11) is -3.42. The number of hydrogen-bond donors (Lipinski definition) is 1. The maximum Gasteiger partial charge on any atom is 0.180 e. The summed E-state index contributed by atoms with van der Waals surface area (Å²) >= 11 is 0. The molecule has 0 heterocycles. The largest absolute Gasteiger partial charge is 0.377 e. The average Bonchev–Trinajstić information content (AvgIpc) is 2.94. The number of ether oxygens (including phenoxy) is 1. The third kappa shape index (κ3) is 4.03. The molecule has 2 N–H and O–H groups in total. The lowest BCUT2D eigenvalue weighted by atomic mass is 10.1. The van der Waals surface area contributed by atoms with E-state index in [0.717, 1.165) is 19.3 Å². The zero-order chi connectivity index (χ0) is 15.3. The number of rotatable bonds is 6. The van der Waals surface area contributed by atoms with Crippen LogP contribution in [0.3, 0.4) is 0 Å². The first-order valence-electron chi connectivity index (χ1n) is 7.11. The van der Waals surface area contributed by atoms with Crippen LogP contribution in [-0.2, 0) is 14.6 Å². The van der Waals surface area contributed by atoms with E-state index in [1.165, 1.54) is 12.1 Å². The van der Waals surface area contributed by atoms with E-state index < -0.39 is 9.84 Å². The van der Waals surface area contributed by atoms with Gasteiger partial charge in [0.2, 0.25) is 0 Å². The molecule has 2 rings (SSSR count). The van der Waals surface area contributed by atoms with E-state index in [1.54, 1.807) is 12.1 Å². The molecule has 0 aromatic heterocycles. The molecule has 1 aliphatic carbocycles. The Balaban J connectivity index is 1.94. The minimum absolute atomic E-state index is 0.0737. The van der Waals surface area contributed by atoms with Gasteiger partial charge in [-0.3, -0.25) is 0 Å². The van der Waals surface area contributed by atoms with Crippen molar-refractivity contribution >= 4 is 9.84 Å². The fourth-order valence-corrected chi connectivity index (χ4v) is 3.82. The van der Waals surface area contributed by atoms with Crippen LogP contribution >= 0.6 is 0 Å². The lowest BCUT2D eigenvalue weighted by molar-refractivity contribution is 0.0399. The highest BCUT2D eigenvalue weighted by Gasteiger charge is 2.27. The van der Waals surface area contributed by atoms with E-state index in [2.05, 4.69) is 0 Å². The number of nitriles is 1. The van der Waals surface area contributed by atoms with Crippen LogP contribution in [0.5, 0.6) is 0 Å². The number of nitrogens with zero attached hydrogens (tertiary/aromatic N) is 1. The maximum absolute atomic E-state index is 12.2. The van der Waals surface area contributed by atoms with Gasteiger partial charge in [-0.25, -0.2) is 8.42 Å². The van der Waals surface area contributed by atoms with Crippen LogP contribution in [0.4, 0.5) is 0 Å². The number of benzene rings is 1. The second-order valence-corrected chi connectivity index (χ2v) is 7.40. The molecule has 0 saturated heterocycles. The molecule has 1 aromatic carbocycles. The summed E-state index contributed by atoms with van der Waals surface area (Å²) in [4.78, 5) is 0.173. The first-order chi connectivity index (χ1) is 10.1. The lowest BCUT2D eigenvalue weighted by Gasteiger charge is -2.18. The maximum atomic E-state index is 12.2. The monoisotopic (exact) mass is 308 g/mol. The van der Waals surface area contributed by atoms with E-state index in [-0.39, 0.29) is 23.4 Å². The van der Waals surface area contributed by atoms with E-state index in [4.69, 9.17) is 15.7 Å². The van der Waals surface area contributed by atoms with Gasteiger partial charge in [0.1, 0.15) is 0 Å². The smallest absolute Gasteiger partial charge is 0.180 e. The van der Waals surface area contributed by atoms with Crippen LogP contribution < -0.4 is 5.73 Å². The van der Waals surface area contributed by atoms with Crippen molar-refractivity contribution in [1.29, 1.82) is 5.26 Å². The summed E-state index contributed by atoms with van der Waals surface area (Å²) in [6.45, 7) is 0.752. The van der Waals surface area contributed by atoms with Crippen molar-refractivity contribution < 1.29 is 13.2 Å². The Bertz CT molecular complexity index is 622. The van der Waals surface area contributed by atoms with Crippen LogP contribution in [0.25, 0.3) is 0 Å². The molecule has 1 fully saturated rings. The molecule has 0 spiro atoms. The summed E-state index contributed by atoms with van der Waals surface area (Å²) in [6.07, 6.45) is 3.17. The molecular weight excluding hydrogens is 288 g/mol. The van der Waals surface area contributed by atoms with E-state index in [1.807, 2.05) is 6.07 Å². The zero-order valence-electron chi connectivity index (χ0n) is 11.9. The SMILES string of the molecule is N#Cc1cccc(S(=O)(=O)CCOC2CCCC2CN)c1. The van der Waals surface area contributed by atoms with Gasteiger partial charge in [-0.2, -0.15) is 5.26 Å². The van der Waals surface area contributed by atoms with Gasteiger partial charge in [0.15, 0.2) is 9.84 Å². The van der Waals surface area contributed by atoms with Gasteiger partial charge in [0.05, 0.1) is 35.0 Å². The first-order valence-corrected chi connectivity index (χ1v) is 8.76. The quantitative estimate of drug-likeness (QED) is 0.859.